The van der Waals surface area contributed by atoms with Gasteiger partial charge in [0.1, 0.15) is 5.92 Å². The zero-order valence-electron chi connectivity index (χ0n) is 10.2. The van der Waals surface area contributed by atoms with E-state index in [4.69, 9.17) is 5.26 Å². The number of hydrogen-bond acceptors (Lipinski definition) is 3. The van der Waals surface area contributed by atoms with Gasteiger partial charge in [0.15, 0.2) is 5.78 Å². The molecule has 0 saturated carbocycles. The van der Waals surface area contributed by atoms with Crippen LogP contribution >= 0.6 is 11.3 Å². The summed E-state index contributed by atoms with van der Waals surface area (Å²) in [5.41, 5.74) is 1.13. The average Bonchev–Trinajstić information content (AvgIpc) is 2.54. The molecule has 0 amide bonds. The van der Waals surface area contributed by atoms with Crippen LogP contribution in [0.15, 0.2) is 6.07 Å². The molecule has 1 unspecified atom stereocenters. The predicted octanol–water partition coefficient (Wildman–Crippen LogP) is 3.73. The van der Waals surface area contributed by atoms with Gasteiger partial charge in [0.05, 0.1) is 10.9 Å². The van der Waals surface area contributed by atoms with Crippen LogP contribution in [0.2, 0.25) is 0 Å². The Bertz CT molecular complexity index is 406. The van der Waals surface area contributed by atoms with Crippen LogP contribution in [0, 0.1) is 37.0 Å². The standard InChI is InChI=1S/C13H17NOS/c1-8(2)5-11(7-14)13(15)12-6-9(3)10(4)16-12/h6,8,11H,5H2,1-4H3. The SMILES string of the molecule is Cc1cc(C(=O)C(C#N)CC(C)C)sc1C. The molecule has 1 atom stereocenters. The average molecular weight is 235 g/mol. The molecule has 0 saturated heterocycles. The minimum atomic E-state index is -0.488. The molecule has 1 rings (SSSR count). The topological polar surface area (TPSA) is 40.9 Å². The van der Waals surface area contributed by atoms with Crippen LogP contribution in [0.3, 0.4) is 0 Å². The van der Waals surface area contributed by atoms with Crippen molar-refractivity contribution in [1.82, 2.24) is 0 Å². The van der Waals surface area contributed by atoms with E-state index >= 15 is 0 Å². The Morgan fingerprint density at radius 2 is 2.12 bits per heavy atom. The number of nitriles is 1. The van der Waals surface area contributed by atoms with Crippen LogP contribution in [-0.2, 0) is 0 Å². The quantitative estimate of drug-likeness (QED) is 0.746. The number of carbonyl (C=O) groups excluding carboxylic acids is 1. The molecule has 0 N–H and O–H groups in total. The van der Waals surface area contributed by atoms with Gasteiger partial charge in [-0.3, -0.25) is 4.79 Å². The molecule has 16 heavy (non-hydrogen) atoms. The second-order valence-corrected chi connectivity index (χ2v) is 5.78. The molecular formula is C13H17NOS. The van der Waals surface area contributed by atoms with E-state index in [1.165, 1.54) is 11.3 Å². The molecule has 0 aliphatic carbocycles. The summed E-state index contributed by atoms with van der Waals surface area (Å²) in [6.07, 6.45) is 0.644. The van der Waals surface area contributed by atoms with Crippen molar-refractivity contribution in [1.29, 1.82) is 5.26 Å². The number of rotatable bonds is 4. The van der Waals surface area contributed by atoms with Crippen molar-refractivity contribution in [2.24, 2.45) is 11.8 Å². The van der Waals surface area contributed by atoms with Gasteiger partial charge in [-0.2, -0.15) is 5.26 Å². The Kier molecular flexibility index (Phi) is 4.26. The first-order chi connectivity index (χ1) is 7.45. The van der Waals surface area contributed by atoms with Crippen molar-refractivity contribution in [2.75, 3.05) is 0 Å². The van der Waals surface area contributed by atoms with E-state index in [1.807, 2.05) is 33.8 Å². The van der Waals surface area contributed by atoms with E-state index in [9.17, 15) is 4.79 Å². The van der Waals surface area contributed by atoms with Crippen molar-refractivity contribution in [3.63, 3.8) is 0 Å². The molecular weight excluding hydrogens is 218 g/mol. The van der Waals surface area contributed by atoms with E-state index in [0.29, 0.717) is 12.3 Å². The third-order valence-electron chi connectivity index (χ3n) is 2.59. The lowest BCUT2D eigenvalue weighted by atomic mass is 9.94. The van der Waals surface area contributed by atoms with E-state index < -0.39 is 5.92 Å². The molecule has 0 fully saturated rings. The van der Waals surface area contributed by atoms with Gasteiger partial charge in [-0.05, 0) is 37.8 Å². The minimum Gasteiger partial charge on any atom is -0.292 e. The summed E-state index contributed by atoms with van der Waals surface area (Å²) in [4.78, 5) is 13.9. The first-order valence-electron chi connectivity index (χ1n) is 5.46. The molecule has 0 aromatic carbocycles. The van der Waals surface area contributed by atoms with E-state index in [1.54, 1.807) is 0 Å². The number of hydrogen-bond donors (Lipinski definition) is 0. The Labute approximate surface area is 101 Å². The normalized spacial score (nSPS) is 12.5. The molecule has 2 nitrogen and oxygen atoms in total. The van der Waals surface area contributed by atoms with E-state index in [-0.39, 0.29) is 5.78 Å². The molecule has 1 aromatic rings. The summed E-state index contributed by atoms with van der Waals surface area (Å²) in [5, 5.41) is 9.02. The number of ketones is 1. The van der Waals surface area contributed by atoms with Crippen molar-refractivity contribution in [3.05, 3.63) is 21.4 Å². The van der Waals surface area contributed by atoms with Gasteiger partial charge in [-0.25, -0.2) is 0 Å². The maximum absolute atomic E-state index is 12.1. The lowest BCUT2D eigenvalue weighted by molar-refractivity contribution is 0.0941. The number of thiophene rings is 1. The van der Waals surface area contributed by atoms with Gasteiger partial charge in [-0.1, -0.05) is 13.8 Å². The third kappa shape index (κ3) is 2.93. The summed E-state index contributed by atoms with van der Waals surface area (Å²) >= 11 is 1.49. The van der Waals surface area contributed by atoms with Crippen LogP contribution in [0.1, 0.15) is 40.4 Å². The Hall–Kier alpha value is -1.14. The van der Waals surface area contributed by atoms with Crippen LogP contribution < -0.4 is 0 Å². The van der Waals surface area contributed by atoms with Crippen molar-refractivity contribution in [2.45, 2.75) is 34.1 Å². The van der Waals surface area contributed by atoms with Gasteiger partial charge in [0, 0.05) is 4.88 Å². The third-order valence-corrected chi connectivity index (χ3v) is 3.76. The van der Waals surface area contributed by atoms with Crippen LogP contribution in [0.4, 0.5) is 0 Å². The Morgan fingerprint density at radius 3 is 2.50 bits per heavy atom. The zero-order chi connectivity index (χ0) is 12.3. The number of carbonyl (C=O) groups is 1. The molecule has 3 heteroatoms. The lowest BCUT2D eigenvalue weighted by Gasteiger charge is -2.08. The van der Waals surface area contributed by atoms with Crippen molar-refractivity contribution < 1.29 is 4.79 Å². The fourth-order valence-corrected chi connectivity index (χ4v) is 2.58. The first-order valence-corrected chi connectivity index (χ1v) is 6.28. The van der Waals surface area contributed by atoms with Gasteiger partial charge in [0.25, 0.3) is 0 Å². The highest BCUT2D eigenvalue weighted by Gasteiger charge is 2.22. The molecule has 86 valence electrons. The second kappa shape index (κ2) is 5.27. The largest absolute Gasteiger partial charge is 0.292 e. The lowest BCUT2D eigenvalue weighted by Crippen LogP contribution is -2.14. The van der Waals surface area contributed by atoms with Crippen LogP contribution in [-0.4, -0.2) is 5.78 Å². The Balaban J connectivity index is 2.88. The zero-order valence-corrected chi connectivity index (χ0v) is 11.0. The molecule has 0 aliphatic rings. The summed E-state index contributed by atoms with van der Waals surface area (Å²) in [7, 11) is 0. The minimum absolute atomic E-state index is 0.0163. The predicted molar refractivity (Wildman–Crippen MR) is 66.7 cm³/mol. The van der Waals surface area contributed by atoms with Gasteiger partial charge < -0.3 is 0 Å². The molecule has 0 spiro atoms. The van der Waals surface area contributed by atoms with Gasteiger partial charge in [-0.15, -0.1) is 11.3 Å². The maximum atomic E-state index is 12.1. The molecule has 0 aliphatic heterocycles. The number of nitrogens with zero attached hydrogens (tertiary/aromatic N) is 1. The van der Waals surface area contributed by atoms with E-state index in [2.05, 4.69) is 6.07 Å². The fourth-order valence-electron chi connectivity index (χ4n) is 1.56. The summed E-state index contributed by atoms with van der Waals surface area (Å²) in [6, 6.07) is 4.01. The molecule has 0 bridgehead atoms. The molecule has 1 heterocycles. The van der Waals surface area contributed by atoms with E-state index in [0.717, 1.165) is 15.3 Å². The highest BCUT2D eigenvalue weighted by Crippen LogP contribution is 2.25. The second-order valence-electron chi connectivity index (χ2n) is 4.53. The summed E-state index contributed by atoms with van der Waals surface area (Å²) in [6.45, 7) is 8.05. The van der Waals surface area contributed by atoms with Crippen LogP contribution in [0.5, 0.6) is 0 Å². The summed E-state index contributed by atoms with van der Waals surface area (Å²) < 4.78 is 0. The number of aryl methyl sites for hydroxylation is 2. The monoisotopic (exact) mass is 235 g/mol. The highest BCUT2D eigenvalue weighted by atomic mass is 32.1. The first kappa shape index (κ1) is 12.9. The number of Topliss-reactive ketones (excluding diaryl/α,β-unsaturated/α-hetero) is 1. The Morgan fingerprint density at radius 1 is 1.50 bits per heavy atom. The van der Waals surface area contributed by atoms with Crippen molar-refractivity contribution >= 4 is 17.1 Å². The van der Waals surface area contributed by atoms with Crippen LogP contribution in [0.25, 0.3) is 0 Å². The van der Waals surface area contributed by atoms with Gasteiger partial charge in [0.2, 0.25) is 0 Å². The highest BCUT2D eigenvalue weighted by molar-refractivity contribution is 7.14. The maximum Gasteiger partial charge on any atom is 0.189 e. The fraction of sp³-hybridized carbons (Fsp3) is 0.538. The van der Waals surface area contributed by atoms with Crippen molar-refractivity contribution in [3.8, 4) is 6.07 Å². The smallest absolute Gasteiger partial charge is 0.189 e. The molecule has 0 radical (unpaired) electrons. The molecule has 1 aromatic heterocycles. The van der Waals surface area contributed by atoms with Gasteiger partial charge >= 0.3 is 0 Å². The summed E-state index contributed by atoms with van der Waals surface area (Å²) in [5.74, 6) is -0.134.